The molecular weight excluding hydrogens is 594 g/mol. The van der Waals surface area contributed by atoms with Crippen LogP contribution < -0.4 is 0 Å². The molecule has 9 rings (SSSR count). The number of hydrogen-bond donors (Lipinski definition) is 0. The number of nitrogens with zero attached hydrogens (tertiary/aromatic N) is 9. The summed E-state index contributed by atoms with van der Waals surface area (Å²) in [6.07, 6.45) is 10.5. The molecule has 9 aromatic heterocycles. The van der Waals surface area contributed by atoms with Crippen LogP contribution in [0.3, 0.4) is 0 Å². The van der Waals surface area contributed by atoms with Gasteiger partial charge >= 0.3 is 0 Å². The van der Waals surface area contributed by atoms with Crippen molar-refractivity contribution in [3.05, 3.63) is 165 Å². The molecule has 0 aliphatic heterocycles. The van der Waals surface area contributed by atoms with Crippen LogP contribution >= 0.6 is 0 Å². The maximum Gasteiger partial charge on any atom is 0.159 e. The molecule has 0 fully saturated rings. The molecule has 0 aliphatic carbocycles. The molecule has 48 heavy (non-hydrogen) atoms. The lowest BCUT2D eigenvalue weighted by molar-refractivity contribution is 1.24. The SMILES string of the molecule is c1ccc(-c2ccc3cccnc3n2)nc1.c1ccc(-c2ccc3cccnc3n2)nc1.c1ccc(-c2ccc3cccnc3n2)nc1. The third kappa shape index (κ3) is 7.16. The fourth-order valence-corrected chi connectivity index (χ4v) is 4.83. The van der Waals surface area contributed by atoms with E-state index in [1.807, 2.05) is 127 Å². The summed E-state index contributed by atoms with van der Waals surface area (Å²) in [5.74, 6) is 0. The zero-order chi connectivity index (χ0) is 32.4. The largest absolute Gasteiger partial charge is 0.255 e. The van der Waals surface area contributed by atoms with E-state index in [1.54, 1.807) is 37.2 Å². The zero-order valence-electron chi connectivity index (χ0n) is 25.6. The van der Waals surface area contributed by atoms with Gasteiger partial charge in [-0.05, 0) is 109 Å². The predicted octanol–water partition coefficient (Wildman–Crippen LogP) is 8.08. The zero-order valence-corrected chi connectivity index (χ0v) is 25.6. The number of aromatic nitrogens is 9. The van der Waals surface area contributed by atoms with E-state index in [0.29, 0.717) is 0 Å². The summed E-state index contributed by atoms with van der Waals surface area (Å²) in [5.41, 5.74) is 7.44. The van der Waals surface area contributed by atoms with E-state index >= 15 is 0 Å². The summed E-state index contributed by atoms with van der Waals surface area (Å²) in [6.45, 7) is 0. The van der Waals surface area contributed by atoms with Crippen molar-refractivity contribution in [2.24, 2.45) is 0 Å². The normalized spacial score (nSPS) is 10.5. The Morgan fingerprint density at radius 3 is 0.833 bits per heavy atom. The van der Waals surface area contributed by atoms with E-state index in [1.165, 1.54) is 0 Å². The van der Waals surface area contributed by atoms with Crippen LogP contribution in [0.4, 0.5) is 0 Å². The molecule has 0 unspecified atom stereocenters. The minimum Gasteiger partial charge on any atom is -0.255 e. The lowest BCUT2D eigenvalue weighted by Gasteiger charge is -2.00. The van der Waals surface area contributed by atoms with Gasteiger partial charge in [0.05, 0.1) is 34.2 Å². The summed E-state index contributed by atoms with van der Waals surface area (Å²) in [7, 11) is 0. The van der Waals surface area contributed by atoms with E-state index in [0.717, 1.165) is 67.3 Å². The van der Waals surface area contributed by atoms with E-state index in [2.05, 4.69) is 44.9 Å². The van der Waals surface area contributed by atoms with Gasteiger partial charge in [-0.15, -0.1) is 0 Å². The van der Waals surface area contributed by atoms with Crippen LogP contribution in [0.2, 0.25) is 0 Å². The standard InChI is InChI=1S/3C13H9N3/c3*1-2-8-14-11(5-1)12-7-6-10-4-3-9-15-13(10)16-12/h3*1-9H. The summed E-state index contributed by atoms with van der Waals surface area (Å²) >= 11 is 0. The third-order valence-corrected chi connectivity index (χ3v) is 7.17. The minimum absolute atomic E-state index is 0.755. The van der Waals surface area contributed by atoms with E-state index in [9.17, 15) is 0 Å². The van der Waals surface area contributed by atoms with Crippen molar-refractivity contribution in [1.82, 2.24) is 44.9 Å². The van der Waals surface area contributed by atoms with Gasteiger partial charge in [0.25, 0.3) is 0 Å². The van der Waals surface area contributed by atoms with Gasteiger partial charge < -0.3 is 0 Å². The van der Waals surface area contributed by atoms with E-state index in [4.69, 9.17) is 0 Å². The molecule has 9 heterocycles. The molecule has 0 aliphatic rings. The van der Waals surface area contributed by atoms with Gasteiger partial charge in [0.2, 0.25) is 0 Å². The average molecular weight is 622 g/mol. The second-order valence-electron chi connectivity index (χ2n) is 10.4. The van der Waals surface area contributed by atoms with Gasteiger partial charge in [0.15, 0.2) is 16.9 Å². The molecule has 0 spiro atoms. The highest BCUT2D eigenvalue weighted by Crippen LogP contribution is 2.19. The Hall–Kier alpha value is -6.87. The van der Waals surface area contributed by atoms with Crippen molar-refractivity contribution in [2.45, 2.75) is 0 Å². The Kier molecular flexibility index (Phi) is 9.00. The Balaban J connectivity index is 0.000000114. The monoisotopic (exact) mass is 621 g/mol. The van der Waals surface area contributed by atoms with Crippen molar-refractivity contribution in [3.63, 3.8) is 0 Å². The fraction of sp³-hybridized carbons (Fsp3) is 0. The molecule has 0 radical (unpaired) electrons. The van der Waals surface area contributed by atoms with Crippen molar-refractivity contribution in [2.75, 3.05) is 0 Å². The summed E-state index contributed by atoms with van der Waals surface area (Å²) in [6, 6.07) is 41.0. The molecule has 9 nitrogen and oxygen atoms in total. The molecule has 0 bridgehead atoms. The number of pyridine rings is 9. The molecule has 228 valence electrons. The molecule has 0 N–H and O–H groups in total. The Morgan fingerprint density at radius 1 is 0.229 bits per heavy atom. The molecule has 9 aromatic rings. The number of rotatable bonds is 3. The Labute approximate surface area is 276 Å². The molecule has 9 heteroatoms. The molecule has 0 saturated carbocycles. The first kappa shape index (κ1) is 29.8. The first-order valence-electron chi connectivity index (χ1n) is 15.2. The maximum absolute atomic E-state index is 4.47. The lowest BCUT2D eigenvalue weighted by Crippen LogP contribution is -1.88. The van der Waals surface area contributed by atoms with E-state index in [-0.39, 0.29) is 0 Å². The molecular formula is C39H27N9. The summed E-state index contributed by atoms with van der Waals surface area (Å²) in [4.78, 5) is 38.9. The highest BCUT2D eigenvalue weighted by molar-refractivity contribution is 5.79. The van der Waals surface area contributed by atoms with Crippen molar-refractivity contribution in [3.8, 4) is 34.2 Å². The van der Waals surface area contributed by atoms with Gasteiger partial charge in [-0.1, -0.05) is 18.2 Å². The van der Waals surface area contributed by atoms with Crippen LogP contribution in [0.15, 0.2) is 165 Å². The topological polar surface area (TPSA) is 116 Å². The van der Waals surface area contributed by atoms with Gasteiger partial charge in [-0.25, -0.2) is 29.9 Å². The van der Waals surface area contributed by atoms with Crippen molar-refractivity contribution in [1.29, 1.82) is 0 Å². The van der Waals surface area contributed by atoms with Crippen LogP contribution in [0.5, 0.6) is 0 Å². The highest BCUT2D eigenvalue weighted by Gasteiger charge is 2.04. The van der Waals surface area contributed by atoms with Crippen LogP contribution in [-0.4, -0.2) is 44.9 Å². The predicted molar refractivity (Wildman–Crippen MR) is 188 cm³/mol. The second kappa shape index (κ2) is 14.5. The summed E-state index contributed by atoms with van der Waals surface area (Å²) in [5, 5.41) is 3.13. The fourth-order valence-electron chi connectivity index (χ4n) is 4.83. The maximum atomic E-state index is 4.47. The van der Waals surface area contributed by atoms with Crippen LogP contribution in [0.25, 0.3) is 67.3 Å². The van der Waals surface area contributed by atoms with Crippen molar-refractivity contribution >= 4 is 33.1 Å². The van der Waals surface area contributed by atoms with Gasteiger partial charge in [0, 0.05) is 53.3 Å². The summed E-state index contributed by atoms with van der Waals surface area (Å²) < 4.78 is 0. The van der Waals surface area contributed by atoms with Crippen LogP contribution in [0, 0.1) is 0 Å². The lowest BCUT2D eigenvalue weighted by atomic mass is 10.2. The molecule has 0 amide bonds. The molecule has 0 saturated heterocycles. The Morgan fingerprint density at radius 2 is 0.542 bits per heavy atom. The quantitative estimate of drug-likeness (QED) is 0.193. The van der Waals surface area contributed by atoms with Gasteiger partial charge in [-0.3, -0.25) is 15.0 Å². The highest BCUT2D eigenvalue weighted by atomic mass is 14.9. The van der Waals surface area contributed by atoms with Gasteiger partial charge in [0.1, 0.15) is 0 Å². The smallest absolute Gasteiger partial charge is 0.159 e. The molecule has 0 atom stereocenters. The Bertz CT molecular complexity index is 2130. The van der Waals surface area contributed by atoms with Gasteiger partial charge in [-0.2, -0.15) is 0 Å². The van der Waals surface area contributed by atoms with Crippen LogP contribution in [-0.2, 0) is 0 Å². The molecule has 0 aromatic carbocycles. The number of hydrogen-bond acceptors (Lipinski definition) is 9. The minimum atomic E-state index is 0.755. The number of fused-ring (bicyclic) bond motifs is 3. The first-order valence-corrected chi connectivity index (χ1v) is 15.2. The third-order valence-electron chi connectivity index (χ3n) is 7.17. The van der Waals surface area contributed by atoms with E-state index < -0.39 is 0 Å². The average Bonchev–Trinajstić information content (AvgIpc) is 3.19. The second-order valence-corrected chi connectivity index (χ2v) is 10.4. The van der Waals surface area contributed by atoms with Crippen molar-refractivity contribution < 1.29 is 0 Å². The first-order chi connectivity index (χ1) is 23.8. The van der Waals surface area contributed by atoms with Crippen LogP contribution in [0.1, 0.15) is 0 Å².